The average molecular weight is 470 g/mol. The first-order valence-corrected chi connectivity index (χ1v) is 11.6. The molecule has 2 amide bonds. The summed E-state index contributed by atoms with van der Waals surface area (Å²) in [6.45, 7) is 2.03. The van der Waals surface area contributed by atoms with Crippen LogP contribution in [0.1, 0.15) is 42.9 Å². The number of carboxylic acids is 1. The van der Waals surface area contributed by atoms with Crippen LogP contribution in [-0.4, -0.2) is 46.4 Å². The molecule has 0 saturated heterocycles. The van der Waals surface area contributed by atoms with E-state index in [2.05, 4.69) is 11.4 Å². The van der Waals surface area contributed by atoms with E-state index >= 15 is 0 Å². The second-order valence-corrected chi connectivity index (χ2v) is 8.95. The van der Waals surface area contributed by atoms with Gasteiger partial charge in [0, 0.05) is 38.4 Å². The number of carbonyl (C=O) groups excluding carboxylic acids is 2. The van der Waals surface area contributed by atoms with Gasteiger partial charge in [-0.1, -0.05) is 42.5 Å². The molecule has 1 saturated carbocycles. The van der Waals surface area contributed by atoms with Gasteiger partial charge in [0.2, 0.25) is 11.8 Å². The number of nitrogens with zero attached hydrogens (tertiary/aromatic N) is 1. The summed E-state index contributed by atoms with van der Waals surface area (Å²) in [4.78, 5) is 36.1. The van der Waals surface area contributed by atoms with Gasteiger partial charge in [-0.3, -0.25) is 14.4 Å². The topological polar surface area (TPSA) is 113 Å². The van der Waals surface area contributed by atoms with Crippen molar-refractivity contribution < 1.29 is 23.9 Å². The lowest BCUT2D eigenvalue weighted by atomic mass is 9.93. The average Bonchev–Trinajstić information content (AvgIpc) is 3.63. The lowest BCUT2D eigenvalue weighted by Gasteiger charge is -2.37. The summed E-state index contributed by atoms with van der Waals surface area (Å²) in [7, 11) is 0. The molecule has 0 bridgehead atoms. The number of carbonyl (C=O) groups is 3. The maximum Gasteiger partial charge on any atom is 0.300 e. The molecule has 2 aromatic rings. The van der Waals surface area contributed by atoms with E-state index in [-0.39, 0.29) is 36.0 Å². The summed E-state index contributed by atoms with van der Waals surface area (Å²) in [6, 6.07) is 14.0. The number of fused-ring (bicyclic) bond motifs is 1. The predicted octanol–water partition coefficient (Wildman–Crippen LogP) is 2.66. The summed E-state index contributed by atoms with van der Waals surface area (Å²) < 4.78 is 13.9. The quantitative estimate of drug-likeness (QED) is 0.577. The summed E-state index contributed by atoms with van der Waals surface area (Å²) in [5, 5.41) is 10.4. The molecule has 1 fully saturated rings. The predicted molar refractivity (Wildman–Crippen MR) is 126 cm³/mol. The third-order valence-corrected chi connectivity index (χ3v) is 6.01. The van der Waals surface area contributed by atoms with Crippen molar-refractivity contribution in [1.82, 2.24) is 10.2 Å². The molecule has 2 atom stereocenters. The van der Waals surface area contributed by atoms with E-state index < -0.39 is 12.0 Å². The van der Waals surface area contributed by atoms with Gasteiger partial charge in [-0.2, -0.15) is 0 Å². The van der Waals surface area contributed by atoms with Crippen LogP contribution in [0.3, 0.4) is 0 Å². The molecule has 182 valence electrons. The van der Waals surface area contributed by atoms with Gasteiger partial charge in [-0.05, 0) is 48.4 Å². The Balaban J connectivity index is 0.000000751. The Morgan fingerprint density at radius 2 is 1.74 bits per heavy atom. The number of benzene rings is 2. The van der Waals surface area contributed by atoms with Crippen molar-refractivity contribution >= 4 is 17.8 Å². The first kappa shape index (κ1) is 25.4. The molecule has 1 aliphatic heterocycles. The van der Waals surface area contributed by atoms with Crippen LogP contribution in [-0.2, 0) is 33.8 Å². The molecular formula is C26H32FN3O4. The molecular weight excluding hydrogens is 437 g/mol. The fraction of sp³-hybridized carbons (Fsp3) is 0.423. The lowest BCUT2D eigenvalue weighted by molar-refractivity contribution is -0.136. The Morgan fingerprint density at radius 1 is 1.12 bits per heavy atom. The number of carboxylic acid groups (broad SMARTS) is 1. The van der Waals surface area contributed by atoms with E-state index in [0.29, 0.717) is 31.5 Å². The van der Waals surface area contributed by atoms with E-state index in [1.165, 1.54) is 11.6 Å². The molecule has 0 aromatic heterocycles. The third kappa shape index (κ3) is 7.38. The molecule has 2 aromatic carbocycles. The second kappa shape index (κ2) is 11.7. The van der Waals surface area contributed by atoms with Crippen molar-refractivity contribution in [3.05, 3.63) is 71.0 Å². The van der Waals surface area contributed by atoms with Crippen molar-refractivity contribution in [2.24, 2.45) is 11.7 Å². The summed E-state index contributed by atoms with van der Waals surface area (Å²) >= 11 is 0. The Hall–Kier alpha value is -3.26. The number of aliphatic carboxylic acids is 1. The van der Waals surface area contributed by atoms with Crippen LogP contribution in [0.4, 0.5) is 4.39 Å². The van der Waals surface area contributed by atoms with Crippen molar-refractivity contribution in [3.8, 4) is 0 Å². The third-order valence-electron chi connectivity index (χ3n) is 6.01. The number of nitrogens with two attached hydrogens (primary N) is 1. The normalized spacial score (nSPS) is 17.6. The van der Waals surface area contributed by atoms with Crippen LogP contribution in [0.5, 0.6) is 0 Å². The molecule has 34 heavy (non-hydrogen) atoms. The monoisotopic (exact) mass is 469 g/mol. The van der Waals surface area contributed by atoms with Crippen LogP contribution in [0.25, 0.3) is 0 Å². The maximum atomic E-state index is 13.9. The molecule has 4 N–H and O–H groups in total. The van der Waals surface area contributed by atoms with E-state index in [1.54, 1.807) is 18.2 Å². The first-order valence-electron chi connectivity index (χ1n) is 11.6. The minimum atomic E-state index is -0.833. The van der Waals surface area contributed by atoms with Crippen LogP contribution < -0.4 is 11.1 Å². The van der Waals surface area contributed by atoms with E-state index in [1.807, 2.05) is 23.1 Å². The molecule has 1 aliphatic carbocycles. The molecule has 1 unspecified atom stereocenters. The molecule has 1 heterocycles. The SMILES string of the molecule is CC(=O)O.N[C@@H](CC(=O)N1Cc2ccccc2CC1CNC(=O)C1CC1)Cc1ccccc1F. The highest BCUT2D eigenvalue weighted by Crippen LogP contribution is 2.29. The molecule has 2 aliphatic rings. The number of amides is 2. The molecule has 0 spiro atoms. The van der Waals surface area contributed by atoms with Crippen LogP contribution in [0.2, 0.25) is 0 Å². The molecule has 4 rings (SSSR count). The lowest BCUT2D eigenvalue weighted by Crippen LogP contribution is -2.51. The smallest absolute Gasteiger partial charge is 0.300 e. The van der Waals surface area contributed by atoms with E-state index in [9.17, 15) is 14.0 Å². The summed E-state index contributed by atoms with van der Waals surface area (Å²) in [5.74, 6) is -0.969. The maximum absolute atomic E-state index is 13.9. The Labute approximate surface area is 199 Å². The molecule has 7 nitrogen and oxygen atoms in total. The van der Waals surface area contributed by atoms with Gasteiger partial charge in [0.25, 0.3) is 5.97 Å². The zero-order valence-corrected chi connectivity index (χ0v) is 19.4. The number of rotatable bonds is 7. The van der Waals surface area contributed by atoms with Crippen molar-refractivity contribution in [2.75, 3.05) is 6.54 Å². The van der Waals surface area contributed by atoms with E-state index in [0.717, 1.165) is 25.3 Å². The van der Waals surface area contributed by atoms with Gasteiger partial charge in [0.15, 0.2) is 0 Å². The Bertz CT molecular complexity index is 1020. The zero-order chi connectivity index (χ0) is 24.7. The van der Waals surface area contributed by atoms with Crippen LogP contribution >= 0.6 is 0 Å². The summed E-state index contributed by atoms with van der Waals surface area (Å²) in [5.41, 5.74) is 9.07. The number of hydrogen-bond acceptors (Lipinski definition) is 4. The second-order valence-electron chi connectivity index (χ2n) is 8.95. The highest BCUT2D eigenvalue weighted by molar-refractivity contribution is 5.81. The van der Waals surface area contributed by atoms with Gasteiger partial charge >= 0.3 is 0 Å². The fourth-order valence-electron chi connectivity index (χ4n) is 4.13. The fourth-order valence-corrected chi connectivity index (χ4v) is 4.13. The zero-order valence-electron chi connectivity index (χ0n) is 19.4. The highest BCUT2D eigenvalue weighted by atomic mass is 19.1. The van der Waals surface area contributed by atoms with Gasteiger partial charge in [0.05, 0.1) is 6.04 Å². The van der Waals surface area contributed by atoms with Gasteiger partial charge < -0.3 is 21.1 Å². The first-order chi connectivity index (χ1) is 16.2. The van der Waals surface area contributed by atoms with E-state index in [4.69, 9.17) is 15.6 Å². The van der Waals surface area contributed by atoms with Crippen molar-refractivity contribution in [2.45, 2.75) is 57.7 Å². The summed E-state index contributed by atoms with van der Waals surface area (Å²) in [6.07, 6.45) is 3.06. The number of nitrogens with one attached hydrogen (secondary N) is 1. The minimum absolute atomic E-state index is 0.0565. The van der Waals surface area contributed by atoms with Gasteiger partial charge in [-0.25, -0.2) is 4.39 Å². The Kier molecular flexibility index (Phi) is 8.76. The number of hydrogen-bond donors (Lipinski definition) is 3. The van der Waals surface area contributed by atoms with Crippen molar-refractivity contribution in [3.63, 3.8) is 0 Å². The van der Waals surface area contributed by atoms with Gasteiger partial charge in [0.1, 0.15) is 5.82 Å². The largest absolute Gasteiger partial charge is 0.481 e. The minimum Gasteiger partial charge on any atom is -0.481 e. The highest BCUT2D eigenvalue weighted by Gasteiger charge is 2.33. The standard InChI is InChI=1S/C24H28FN3O2.C2H4O2/c25-22-8-4-3-6-18(22)11-20(26)13-23(29)28-15-19-7-2-1-5-17(19)12-21(28)14-27-24(30)16-9-10-16;1-2(3)4/h1-8,16,20-21H,9-15,26H2,(H,27,30);1H3,(H,3,4)/t20-,21?;/m1./s1. The van der Waals surface area contributed by atoms with Gasteiger partial charge in [-0.15, -0.1) is 0 Å². The Morgan fingerprint density at radius 3 is 2.38 bits per heavy atom. The number of halogens is 1. The van der Waals surface area contributed by atoms with Crippen molar-refractivity contribution in [1.29, 1.82) is 0 Å². The van der Waals surface area contributed by atoms with Crippen LogP contribution in [0.15, 0.2) is 48.5 Å². The molecule has 8 heteroatoms. The van der Waals surface area contributed by atoms with Crippen LogP contribution in [0, 0.1) is 11.7 Å². The molecule has 0 radical (unpaired) electrons.